The average Bonchev–Trinajstić information content (AvgIpc) is 2.69. The molecule has 3 nitrogen and oxygen atoms in total. The summed E-state index contributed by atoms with van der Waals surface area (Å²) >= 11 is 1.32. The number of halogens is 3. The van der Waals surface area contributed by atoms with E-state index in [-0.39, 0.29) is 6.54 Å². The third kappa shape index (κ3) is 3.99. The molecule has 1 aromatic carbocycles. The van der Waals surface area contributed by atoms with Gasteiger partial charge in [-0.25, -0.2) is 4.98 Å². The minimum Gasteiger partial charge on any atom is -0.494 e. The second-order valence-corrected chi connectivity index (χ2v) is 4.90. The fourth-order valence-corrected chi connectivity index (χ4v) is 2.47. The van der Waals surface area contributed by atoms with Crippen LogP contribution in [-0.4, -0.2) is 24.3 Å². The molecule has 1 aromatic heterocycles. The number of anilines is 1. The van der Waals surface area contributed by atoms with Crippen LogP contribution >= 0.6 is 11.3 Å². The first-order valence-electron chi connectivity index (χ1n) is 5.82. The van der Waals surface area contributed by atoms with Gasteiger partial charge in [-0.3, -0.25) is 0 Å². The van der Waals surface area contributed by atoms with E-state index in [2.05, 4.69) is 10.3 Å². The SMILES string of the molecule is CCOc1ccc2nc(NCCC(F)(F)F)sc2c1. The highest BCUT2D eigenvalue weighted by molar-refractivity contribution is 7.22. The first-order valence-corrected chi connectivity index (χ1v) is 6.63. The number of alkyl halides is 3. The van der Waals surface area contributed by atoms with Gasteiger partial charge in [-0.1, -0.05) is 11.3 Å². The number of nitrogens with one attached hydrogen (secondary N) is 1. The van der Waals surface area contributed by atoms with Gasteiger partial charge >= 0.3 is 6.18 Å². The van der Waals surface area contributed by atoms with Gasteiger partial charge in [0, 0.05) is 6.54 Å². The van der Waals surface area contributed by atoms with Crippen LogP contribution in [0.15, 0.2) is 18.2 Å². The fraction of sp³-hybridized carbons (Fsp3) is 0.417. The van der Waals surface area contributed by atoms with Crippen LogP contribution in [0.2, 0.25) is 0 Å². The molecule has 1 N–H and O–H groups in total. The van der Waals surface area contributed by atoms with E-state index in [9.17, 15) is 13.2 Å². The highest BCUT2D eigenvalue weighted by Gasteiger charge is 2.26. The quantitative estimate of drug-likeness (QED) is 0.901. The lowest BCUT2D eigenvalue weighted by Gasteiger charge is -2.05. The number of aromatic nitrogens is 1. The average molecular weight is 290 g/mol. The zero-order chi connectivity index (χ0) is 13.9. The first-order chi connectivity index (χ1) is 8.98. The van der Waals surface area contributed by atoms with Crippen LogP contribution in [0.1, 0.15) is 13.3 Å². The van der Waals surface area contributed by atoms with Crippen LogP contribution < -0.4 is 10.1 Å². The van der Waals surface area contributed by atoms with Crippen molar-refractivity contribution in [1.82, 2.24) is 4.98 Å². The van der Waals surface area contributed by atoms with Crippen molar-refractivity contribution in [3.8, 4) is 5.75 Å². The largest absolute Gasteiger partial charge is 0.494 e. The van der Waals surface area contributed by atoms with Crippen molar-refractivity contribution in [2.45, 2.75) is 19.5 Å². The molecule has 0 aliphatic carbocycles. The third-order valence-corrected chi connectivity index (χ3v) is 3.33. The maximum absolute atomic E-state index is 12.0. The highest BCUT2D eigenvalue weighted by atomic mass is 32.1. The molecule has 0 fully saturated rings. The van der Waals surface area contributed by atoms with E-state index >= 15 is 0 Å². The van der Waals surface area contributed by atoms with Crippen LogP contribution in [0.25, 0.3) is 10.2 Å². The Morgan fingerprint density at radius 3 is 2.84 bits per heavy atom. The van der Waals surface area contributed by atoms with E-state index in [0.29, 0.717) is 11.7 Å². The predicted molar refractivity (Wildman–Crippen MR) is 70.0 cm³/mol. The van der Waals surface area contributed by atoms with Gasteiger partial charge in [0.15, 0.2) is 5.13 Å². The van der Waals surface area contributed by atoms with Crippen LogP contribution in [0, 0.1) is 0 Å². The molecule has 0 radical (unpaired) electrons. The fourth-order valence-electron chi connectivity index (χ4n) is 1.55. The van der Waals surface area contributed by atoms with E-state index in [1.807, 2.05) is 13.0 Å². The van der Waals surface area contributed by atoms with Crippen molar-refractivity contribution in [2.75, 3.05) is 18.5 Å². The maximum Gasteiger partial charge on any atom is 0.390 e. The summed E-state index contributed by atoms with van der Waals surface area (Å²) in [6, 6.07) is 5.43. The smallest absolute Gasteiger partial charge is 0.390 e. The molecule has 2 aromatic rings. The monoisotopic (exact) mass is 290 g/mol. The van der Waals surface area contributed by atoms with Crippen molar-refractivity contribution >= 4 is 26.7 Å². The Hall–Kier alpha value is -1.50. The summed E-state index contributed by atoms with van der Waals surface area (Å²) in [6.07, 6.45) is -5.01. The summed E-state index contributed by atoms with van der Waals surface area (Å²) in [5.74, 6) is 0.737. The Bertz CT molecular complexity index is 553. The molecule has 104 valence electrons. The predicted octanol–water partition coefficient (Wildman–Crippen LogP) is 4.06. The Morgan fingerprint density at radius 1 is 1.37 bits per heavy atom. The number of ether oxygens (including phenoxy) is 1. The Balaban J connectivity index is 2.04. The topological polar surface area (TPSA) is 34.1 Å². The lowest BCUT2D eigenvalue weighted by Crippen LogP contribution is -2.14. The van der Waals surface area contributed by atoms with E-state index in [0.717, 1.165) is 16.0 Å². The number of hydrogen-bond acceptors (Lipinski definition) is 4. The number of benzene rings is 1. The number of nitrogens with zero attached hydrogens (tertiary/aromatic N) is 1. The van der Waals surface area contributed by atoms with E-state index in [1.54, 1.807) is 12.1 Å². The summed E-state index contributed by atoms with van der Waals surface area (Å²) in [5.41, 5.74) is 0.753. The molecule has 0 saturated heterocycles. The van der Waals surface area contributed by atoms with Crippen LogP contribution in [0.3, 0.4) is 0 Å². The molecule has 0 atom stereocenters. The maximum atomic E-state index is 12.0. The minimum absolute atomic E-state index is 0.165. The van der Waals surface area contributed by atoms with Gasteiger partial charge in [-0.2, -0.15) is 13.2 Å². The molecule has 0 spiro atoms. The van der Waals surface area contributed by atoms with Gasteiger partial charge in [-0.15, -0.1) is 0 Å². The summed E-state index contributed by atoms with van der Waals surface area (Å²) in [6.45, 7) is 2.30. The third-order valence-electron chi connectivity index (χ3n) is 2.36. The Morgan fingerprint density at radius 2 is 2.16 bits per heavy atom. The van der Waals surface area contributed by atoms with Crippen molar-refractivity contribution < 1.29 is 17.9 Å². The van der Waals surface area contributed by atoms with Gasteiger partial charge in [0.2, 0.25) is 0 Å². The highest BCUT2D eigenvalue weighted by Crippen LogP contribution is 2.29. The molecule has 0 amide bonds. The molecule has 0 aliphatic rings. The number of rotatable bonds is 5. The molecular weight excluding hydrogens is 277 g/mol. The Labute approximate surface area is 112 Å². The van der Waals surface area contributed by atoms with E-state index in [4.69, 9.17) is 4.74 Å². The van der Waals surface area contributed by atoms with Crippen LogP contribution in [-0.2, 0) is 0 Å². The van der Waals surface area contributed by atoms with Crippen molar-refractivity contribution in [3.05, 3.63) is 18.2 Å². The molecule has 19 heavy (non-hydrogen) atoms. The van der Waals surface area contributed by atoms with Crippen LogP contribution in [0.5, 0.6) is 5.75 Å². The minimum atomic E-state index is -4.15. The summed E-state index contributed by atoms with van der Waals surface area (Å²) in [4.78, 5) is 4.22. The molecule has 1 heterocycles. The lowest BCUT2D eigenvalue weighted by atomic mass is 10.3. The second-order valence-electron chi connectivity index (χ2n) is 3.87. The summed E-state index contributed by atoms with van der Waals surface area (Å²) < 4.78 is 42.3. The van der Waals surface area contributed by atoms with E-state index in [1.165, 1.54) is 11.3 Å². The molecule has 0 saturated carbocycles. The van der Waals surface area contributed by atoms with Crippen molar-refractivity contribution in [1.29, 1.82) is 0 Å². The van der Waals surface area contributed by atoms with Gasteiger partial charge in [0.05, 0.1) is 23.2 Å². The van der Waals surface area contributed by atoms with E-state index < -0.39 is 12.6 Å². The lowest BCUT2D eigenvalue weighted by molar-refractivity contribution is -0.131. The molecule has 0 unspecified atom stereocenters. The number of thiazole rings is 1. The van der Waals surface area contributed by atoms with Gasteiger partial charge in [0.1, 0.15) is 5.75 Å². The van der Waals surface area contributed by atoms with Gasteiger partial charge in [-0.05, 0) is 25.1 Å². The van der Waals surface area contributed by atoms with Crippen LogP contribution in [0.4, 0.5) is 18.3 Å². The second kappa shape index (κ2) is 5.64. The Kier molecular flexibility index (Phi) is 4.14. The first kappa shape index (κ1) is 13.9. The van der Waals surface area contributed by atoms with Crippen molar-refractivity contribution in [2.24, 2.45) is 0 Å². The normalized spacial score (nSPS) is 11.8. The summed E-state index contributed by atoms with van der Waals surface area (Å²) in [5, 5.41) is 3.18. The number of hydrogen-bond donors (Lipinski definition) is 1. The molecule has 7 heteroatoms. The molecule has 0 bridgehead atoms. The van der Waals surface area contributed by atoms with Gasteiger partial charge in [0.25, 0.3) is 0 Å². The zero-order valence-electron chi connectivity index (χ0n) is 10.3. The number of fused-ring (bicyclic) bond motifs is 1. The van der Waals surface area contributed by atoms with Crippen molar-refractivity contribution in [3.63, 3.8) is 0 Å². The standard InChI is InChI=1S/C12H13F3N2OS/c1-2-18-8-3-4-9-10(7-8)19-11(17-9)16-6-5-12(13,14)15/h3-4,7H,2,5-6H2,1H3,(H,16,17). The van der Waals surface area contributed by atoms with Gasteiger partial charge < -0.3 is 10.1 Å². The molecule has 2 rings (SSSR count). The molecule has 0 aliphatic heterocycles. The molecular formula is C12H13F3N2OS. The zero-order valence-corrected chi connectivity index (χ0v) is 11.1. The summed E-state index contributed by atoms with van der Waals surface area (Å²) in [7, 11) is 0.